The summed E-state index contributed by atoms with van der Waals surface area (Å²) in [6, 6.07) is 14.4. The third-order valence-corrected chi connectivity index (χ3v) is 7.89. The number of hydrazine groups is 1. The fraction of sp³-hybridized carbons (Fsp3) is 0.400. The number of hydrogen-bond donors (Lipinski definition) is 3. The van der Waals surface area contributed by atoms with Gasteiger partial charge in [0.25, 0.3) is 10.0 Å². The number of anilines is 2. The Balaban J connectivity index is 1.53. The van der Waals surface area contributed by atoms with E-state index in [1.807, 2.05) is 0 Å². The van der Waals surface area contributed by atoms with E-state index in [2.05, 4.69) is 21.6 Å². The van der Waals surface area contributed by atoms with Crippen LogP contribution in [0.1, 0.15) is 26.7 Å². The fourth-order valence-electron chi connectivity index (χ4n) is 4.48. The summed E-state index contributed by atoms with van der Waals surface area (Å²) in [4.78, 5) is 28.8. The third kappa shape index (κ3) is 6.04. The summed E-state index contributed by atoms with van der Waals surface area (Å²) in [7, 11) is -3.91. The van der Waals surface area contributed by atoms with Gasteiger partial charge in [-0.1, -0.05) is 18.2 Å². The van der Waals surface area contributed by atoms with E-state index in [0.29, 0.717) is 6.42 Å². The van der Waals surface area contributed by atoms with E-state index in [9.17, 15) is 23.3 Å². The Bertz CT molecular complexity index is 1350. The fourth-order valence-corrected chi connectivity index (χ4v) is 5.40. The van der Waals surface area contributed by atoms with Crippen LogP contribution in [0.4, 0.5) is 20.6 Å². The molecular formula is C25H29FN6O5S. The molecule has 0 bridgehead atoms. The molecule has 2 unspecified atom stereocenters. The summed E-state index contributed by atoms with van der Waals surface area (Å²) >= 11 is 0. The van der Waals surface area contributed by atoms with Crippen molar-refractivity contribution < 1.29 is 27.1 Å². The lowest BCUT2D eigenvalue weighted by molar-refractivity contribution is -0.119. The van der Waals surface area contributed by atoms with Gasteiger partial charge in [-0.3, -0.25) is 9.69 Å². The summed E-state index contributed by atoms with van der Waals surface area (Å²) in [5.41, 5.74) is 2.51. The number of rotatable bonds is 8. The summed E-state index contributed by atoms with van der Waals surface area (Å²) in [5.74, 6) is -0.878. The normalized spacial score (nSPS) is 23.6. The Morgan fingerprint density at radius 2 is 2.00 bits per heavy atom. The molecule has 2 fully saturated rings. The molecule has 3 N–H and O–H groups in total. The van der Waals surface area contributed by atoms with E-state index in [1.165, 1.54) is 36.1 Å². The first-order valence-electron chi connectivity index (χ1n) is 12.0. The number of cyclic esters (lactones) is 1. The van der Waals surface area contributed by atoms with E-state index >= 15 is 4.39 Å². The van der Waals surface area contributed by atoms with Gasteiger partial charge in [0, 0.05) is 19.9 Å². The number of ether oxygens (including phenoxy) is 1. The Hall–Kier alpha value is -3.73. The molecule has 2 aromatic rings. The maximum absolute atomic E-state index is 15.4. The average molecular weight is 545 g/mol. The molecule has 13 heteroatoms. The van der Waals surface area contributed by atoms with Gasteiger partial charge < -0.3 is 15.0 Å². The molecule has 0 aliphatic carbocycles. The molecule has 2 saturated heterocycles. The molecule has 2 aromatic carbocycles. The largest absolute Gasteiger partial charge is 0.442 e. The molecule has 2 heterocycles. The zero-order valence-corrected chi connectivity index (χ0v) is 21.8. The Morgan fingerprint density at radius 3 is 2.66 bits per heavy atom. The van der Waals surface area contributed by atoms with Gasteiger partial charge in [0.2, 0.25) is 5.91 Å². The highest BCUT2D eigenvalue weighted by Crippen LogP contribution is 2.37. The first-order chi connectivity index (χ1) is 18.0. The highest BCUT2D eigenvalue weighted by Gasteiger charge is 2.39. The minimum atomic E-state index is -3.91. The van der Waals surface area contributed by atoms with Crippen LogP contribution in [0.25, 0.3) is 0 Å². The maximum Gasteiger partial charge on any atom is 0.414 e. The van der Waals surface area contributed by atoms with Crippen molar-refractivity contribution in [3.05, 3.63) is 54.3 Å². The molecule has 2 aliphatic heterocycles. The van der Waals surface area contributed by atoms with Gasteiger partial charge in [-0.05, 0) is 43.7 Å². The van der Waals surface area contributed by atoms with E-state index in [4.69, 9.17) is 4.74 Å². The van der Waals surface area contributed by atoms with Gasteiger partial charge in [0.15, 0.2) is 0 Å². The van der Waals surface area contributed by atoms with Crippen LogP contribution in [0.3, 0.4) is 0 Å². The first-order valence-corrected chi connectivity index (χ1v) is 13.5. The zero-order chi connectivity index (χ0) is 27.5. The lowest BCUT2D eigenvalue weighted by Crippen LogP contribution is -2.58. The number of amides is 2. The molecule has 0 saturated carbocycles. The summed E-state index contributed by atoms with van der Waals surface area (Å²) in [5, 5.41) is 12.3. The molecule has 38 heavy (non-hydrogen) atoms. The van der Waals surface area contributed by atoms with Crippen molar-refractivity contribution in [3.8, 4) is 6.07 Å². The van der Waals surface area contributed by atoms with E-state index in [-0.39, 0.29) is 48.2 Å². The topological polar surface area (TPSA) is 144 Å². The molecule has 0 spiro atoms. The van der Waals surface area contributed by atoms with E-state index < -0.39 is 39.6 Å². The van der Waals surface area contributed by atoms with Crippen LogP contribution in [-0.4, -0.2) is 52.3 Å². The van der Waals surface area contributed by atoms with Gasteiger partial charge in [-0.15, -0.1) is 4.83 Å². The number of nitrogens with one attached hydrogen (secondary N) is 3. The number of nitrogens with zero attached hydrogens (tertiary/aromatic N) is 3. The standard InChI is InChI=1S/C25H29FN6O5S/c1-17(33)28-14-19-15-32(24(34)37-19)18-8-9-22(21(26)12-18)31-11-10-25(2,16-27)13-23(31)29-30-38(35,36)20-6-4-3-5-7-20/h3-9,12,19,23,29-30H,10-11,13-15H2,1-2H3,(H,28,33)/t19-,23?,25?/m0/s1. The summed E-state index contributed by atoms with van der Waals surface area (Å²) in [6.07, 6.45) is -1.27. The quantitative estimate of drug-likeness (QED) is 0.429. The Labute approximate surface area is 220 Å². The predicted molar refractivity (Wildman–Crippen MR) is 137 cm³/mol. The van der Waals surface area contributed by atoms with Gasteiger partial charge in [0.05, 0.1) is 47.0 Å². The number of halogens is 1. The van der Waals surface area contributed by atoms with Crippen molar-refractivity contribution in [3.63, 3.8) is 0 Å². The number of hydrogen-bond acceptors (Lipinski definition) is 8. The highest BCUT2D eigenvalue weighted by atomic mass is 32.2. The number of carbonyl (C=O) groups excluding carboxylic acids is 2. The van der Waals surface area contributed by atoms with Gasteiger partial charge in [0.1, 0.15) is 11.9 Å². The molecule has 0 aromatic heterocycles. The van der Waals surface area contributed by atoms with Crippen molar-refractivity contribution in [2.75, 3.05) is 29.4 Å². The van der Waals surface area contributed by atoms with Gasteiger partial charge in [-0.25, -0.2) is 23.0 Å². The van der Waals surface area contributed by atoms with Crippen LogP contribution in [0.2, 0.25) is 0 Å². The van der Waals surface area contributed by atoms with Crippen molar-refractivity contribution in [1.82, 2.24) is 15.6 Å². The molecule has 4 rings (SSSR count). The second-order valence-corrected chi connectivity index (χ2v) is 11.3. The van der Waals surface area contributed by atoms with Crippen LogP contribution in [0, 0.1) is 22.6 Å². The van der Waals surface area contributed by atoms with Crippen molar-refractivity contribution >= 4 is 33.4 Å². The summed E-state index contributed by atoms with van der Waals surface area (Å²) < 4.78 is 46.2. The van der Waals surface area contributed by atoms with Crippen LogP contribution >= 0.6 is 0 Å². The second kappa shape index (κ2) is 10.9. The van der Waals surface area contributed by atoms with Crippen LogP contribution < -0.4 is 25.4 Å². The Morgan fingerprint density at radius 1 is 1.26 bits per heavy atom. The lowest BCUT2D eigenvalue weighted by Gasteiger charge is -2.43. The predicted octanol–water partition coefficient (Wildman–Crippen LogP) is 2.23. The van der Waals surface area contributed by atoms with Crippen LogP contribution in [-0.2, 0) is 19.6 Å². The molecule has 2 amide bonds. The van der Waals surface area contributed by atoms with Crippen molar-refractivity contribution in [2.24, 2.45) is 5.41 Å². The average Bonchev–Trinajstić information content (AvgIpc) is 3.27. The van der Waals surface area contributed by atoms with Crippen LogP contribution in [0.5, 0.6) is 0 Å². The molecule has 2 aliphatic rings. The van der Waals surface area contributed by atoms with Gasteiger partial charge >= 0.3 is 6.09 Å². The molecule has 0 radical (unpaired) electrons. The zero-order valence-electron chi connectivity index (χ0n) is 21.0. The smallest absolute Gasteiger partial charge is 0.414 e. The number of sulfonamides is 1. The second-order valence-electron chi connectivity index (χ2n) is 9.59. The third-order valence-electron chi connectivity index (χ3n) is 6.61. The lowest BCUT2D eigenvalue weighted by atomic mass is 9.80. The number of piperidine rings is 1. The number of benzene rings is 2. The van der Waals surface area contributed by atoms with Gasteiger partial charge in [-0.2, -0.15) is 5.26 Å². The number of carbonyl (C=O) groups is 2. The molecule has 202 valence electrons. The van der Waals surface area contributed by atoms with Crippen molar-refractivity contribution in [2.45, 2.75) is 43.9 Å². The Kier molecular flexibility index (Phi) is 7.86. The molecule has 3 atom stereocenters. The highest BCUT2D eigenvalue weighted by molar-refractivity contribution is 7.89. The number of nitriles is 1. The van der Waals surface area contributed by atoms with E-state index in [0.717, 1.165) is 0 Å². The monoisotopic (exact) mass is 544 g/mol. The maximum atomic E-state index is 15.4. The molecular weight excluding hydrogens is 515 g/mol. The van der Waals surface area contributed by atoms with Crippen LogP contribution in [0.15, 0.2) is 53.4 Å². The summed E-state index contributed by atoms with van der Waals surface area (Å²) in [6.45, 7) is 3.72. The minimum Gasteiger partial charge on any atom is -0.442 e. The minimum absolute atomic E-state index is 0.0581. The van der Waals surface area contributed by atoms with E-state index in [1.54, 1.807) is 36.1 Å². The first kappa shape index (κ1) is 27.3. The van der Waals surface area contributed by atoms with Crippen molar-refractivity contribution in [1.29, 1.82) is 5.26 Å². The SMILES string of the molecule is CC(=O)NC[C@H]1CN(c2ccc(N3CCC(C)(C#N)CC3NNS(=O)(=O)c3ccccc3)c(F)c2)C(=O)O1. The molecule has 11 nitrogen and oxygen atoms in total.